The Labute approximate surface area is 115 Å². The van der Waals surface area contributed by atoms with Crippen molar-refractivity contribution in [3.8, 4) is 0 Å². The van der Waals surface area contributed by atoms with Crippen LogP contribution >= 0.6 is 11.6 Å². The molecule has 0 fully saturated rings. The summed E-state index contributed by atoms with van der Waals surface area (Å²) in [5.74, 6) is 0. The van der Waals surface area contributed by atoms with E-state index in [0.29, 0.717) is 6.54 Å². The van der Waals surface area contributed by atoms with Gasteiger partial charge >= 0.3 is 0 Å². The number of nitrogens with two attached hydrogens (primary N) is 1. The Morgan fingerprint density at radius 3 is 2.72 bits per heavy atom. The first kappa shape index (κ1) is 15.3. The van der Waals surface area contributed by atoms with Crippen molar-refractivity contribution in [1.29, 1.82) is 0 Å². The van der Waals surface area contributed by atoms with Crippen LogP contribution in [-0.4, -0.2) is 32.8 Å². The lowest BCUT2D eigenvalue weighted by molar-refractivity contribution is 0.0846. The molecule has 18 heavy (non-hydrogen) atoms. The van der Waals surface area contributed by atoms with Gasteiger partial charge in [-0.25, -0.2) is 0 Å². The minimum absolute atomic E-state index is 0.270. The van der Waals surface area contributed by atoms with Gasteiger partial charge in [-0.15, -0.1) is 0 Å². The highest BCUT2D eigenvalue weighted by Gasteiger charge is 2.08. The smallest absolute Gasteiger partial charge is 0.0644 e. The van der Waals surface area contributed by atoms with Gasteiger partial charge in [0.25, 0.3) is 0 Å². The van der Waals surface area contributed by atoms with Crippen LogP contribution in [0.15, 0.2) is 18.2 Å². The fourth-order valence-electron chi connectivity index (χ4n) is 1.83. The molecule has 4 heteroatoms. The molecule has 0 bridgehead atoms. The van der Waals surface area contributed by atoms with Gasteiger partial charge < -0.3 is 15.4 Å². The largest absolute Gasteiger partial charge is 0.377 e. The average Bonchev–Trinajstić information content (AvgIpc) is 2.29. The minimum Gasteiger partial charge on any atom is -0.377 e. The van der Waals surface area contributed by atoms with Gasteiger partial charge in [-0.3, -0.25) is 0 Å². The third kappa shape index (κ3) is 4.84. The van der Waals surface area contributed by atoms with Crippen molar-refractivity contribution >= 4 is 17.3 Å². The van der Waals surface area contributed by atoms with E-state index in [4.69, 9.17) is 22.1 Å². The van der Waals surface area contributed by atoms with Gasteiger partial charge in [0.05, 0.1) is 12.7 Å². The molecule has 1 aromatic carbocycles. The molecule has 0 radical (unpaired) electrons. The predicted octanol–water partition coefficient (Wildman–Crippen LogP) is 2.70. The summed E-state index contributed by atoms with van der Waals surface area (Å²) in [4.78, 5) is 2.18. The number of likely N-dealkylation sites (N-methyl/N-ethyl adjacent to an activating group) is 1. The monoisotopic (exact) mass is 270 g/mol. The van der Waals surface area contributed by atoms with Gasteiger partial charge in [0.2, 0.25) is 0 Å². The number of nitrogens with zero attached hydrogens (tertiary/aromatic N) is 1. The van der Waals surface area contributed by atoms with Crippen LogP contribution in [0.2, 0.25) is 5.02 Å². The van der Waals surface area contributed by atoms with Crippen molar-refractivity contribution < 1.29 is 4.74 Å². The molecular weight excluding hydrogens is 248 g/mol. The quantitative estimate of drug-likeness (QED) is 0.828. The maximum Gasteiger partial charge on any atom is 0.0644 e. The second kappa shape index (κ2) is 7.62. The zero-order chi connectivity index (χ0) is 13.5. The van der Waals surface area contributed by atoms with Crippen molar-refractivity contribution in [1.82, 2.24) is 0 Å². The minimum atomic E-state index is 0.270. The second-order valence-electron chi connectivity index (χ2n) is 4.65. The van der Waals surface area contributed by atoms with Crippen molar-refractivity contribution in [2.24, 2.45) is 5.73 Å². The van der Waals surface area contributed by atoms with Crippen LogP contribution in [0.4, 0.5) is 5.69 Å². The van der Waals surface area contributed by atoms with Crippen LogP contribution in [0.3, 0.4) is 0 Å². The zero-order valence-corrected chi connectivity index (χ0v) is 12.2. The summed E-state index contributed by atoms with van der Waals surface area (Å²) in [6.07, 6.45) is 1.11. The highest BCUT2D eigenvalue weighted by Crippen LogP contribution is 2.23. The van der Waals surface area contributed by atoms with Crippen molar-refractivity contribution in [3.05, 3.63) is 28.8 Å². The Morgan fingerprint density at radius 1 is 1.39 bits per heavy atom. The molecule has 0 aliphatic carbocycles. The average molecular weight is 271 g/mol. The summed E-state index contributed by atoms with van der Waals surface area (Å²) >= 11 is 6.02. The molecule has 3 nitrogen and oxygen atoms in total. The van der Waals surface area contributed by atoms with Gasteiger partial charge in [-0.05, 0) is 50.6 Å². The second-order valence-corrected chi connectivity index (χ2v) is 5.09. The van der Waals surface area contributed by atoms with Gasteiger partial charge in [0, 0.05) is 24.3 Å². The van der Waals surface area contributed by atoms with E-state index in [-0.39, 0.29) is 6.10 Å². The maximum absolute atomic E-state index is 6.02. The highest BCUT2D eigenvalue weighted by molar-refractivity contribution is 6.30. The molecule has 0 unspecified atom stereocenters. The molecule has 0 atom stereocenters. The van der Waals surface area contributed by atoms with E-state index in [1.54, 1.807) is 0 Å². The first-order valence-corrected chi connectivity index (χ1v) is 6.73. The maximum atomic E-state index is 6.02. The Balaban J connectivity index is 2.68. The summed E-state index contributed by atoms with van der Waals surface area (Å²) in [7, 11) is 2.06. The summed E-state index contributed by atoms with van der Waals surface area (Å²) in [6.45, 7) is 6.30. The summed E-state index contributed by atoms with van der Waals surface area (Å²) < 4.78 is 5.57. The lowest BCUT2D eigenvalue weighted by Gasteiger charge is -2.23. The number of benzene rings is 1. The van der Waals surface area contributed by atoms with Crippen LogP contribution in [-0.2, 0) is 11.2 Å². The molecule has 0 aliphatic rings. The number of anilines is 1. The summed E-state index contributed by atoms with van der Waals surface area (Å²) in [5.41, 5.74) is 8.00. The standard InChI is InChI=1S/C14H23ClN2O/c1-11(2)18-9-8-17(3)14-5-4-13(15)10-12(14)6-7-16/h4-5,10-11H,6-9,16H2,1-3H3. The SMILES string of the molecule is CC(C)OCCN(C)c1ccc(Cl)cc1CCN. The Kier molecular flexibility index (Phi) is 6.47. The van der Waals surface area contributed by atoms with Crippen LogP contribution < -0.4 is 10.6 Å². The van der Waals surface area contributed by atoms with Gasteiger partial charge in [0.15, 0.2) is 0 Å². The third-order valence-corrected chi connectivity index (χ3v) is 2.98. The molecule has 0 saturated carbocycles. The highest BCUT2D eigenvalue weighted by atomic mass is 35.5. The van der Waals surface area contributed by atoms with E-state index in [9.17, 15) is 0 Å². The van der Waals surface area contributed by atoms with Crippen LogP contribution in [0.1, 0.15) is 19.4 Å². The molecule has 0 aliphatic heterocycles. The molecule has 0 heterocycles. The molecule has 0 aromatic heterocycles. The normalized spacial score (nSPS) is 11.0. The fourth-order valence-corrected chi connectivity index (χ4v) is 2.02. The lowest BCUT2D eigenvalue weighted by Crippen LogP contribution is -2.25. The van der Waals surface area contributed by atoms with Gasteiger partial charge in [-0.1, -0.05) is 11.6 Å². The van der Waals surface area contributed by atoms with E-state index in [2.05, 4.69) is 11.9 Å². The Morgan fingerprint density at radius 2 is 2.11 bits per heavy atom. The van der Waals surface area contributed by atoms with E-state index < -0.39 is 0 Å². The van der Waals surface area contributed by atoms with Gasteiger partial charge in [0.1, 0.15) is 0 Å². The molecular formula is C14H23ClN2O. The van der Waals surface area contributed by atoms with Crippen molar-refractivity contribution in [2.75, 3.05) is 31.6 Å². The summed E-state index contributed by atoms with van der Waals surface area (Å²) in [6, 6.07) is 5.95. The number of rotatable bonds is 7. The molecule has 1 rings (SSSR count). The summed E-state index contributed by atoms with van der Waals surface area (Å²) in [5, 5.41) is 0.758. The molecule has 0 saturated heterocycles. The Hall–Kier alpha value is -0.770. The number of halogens is 1. The van der Waals surface area contributed by atoms with E-state index >= 15 is 0 Å². The fraction of sp³-hybridized carbons (Fsp3) is 0.571. The topological polar surface area (TPSA) is 38.5 Å². The molecule has 1 aromatic rings. The van der Waals surface area contributed by atoms with Crippen molar-refractivity contribution in [2.45, 2.75) is 26.4 Å². The number of ether oxygens (including phenoxy) is 1. The van der Waals surface area contributed by atoms with E-state index in [0.717, 1.165) is 24.6 Å². The number of hydrogen-bond donors (Lipinski definition) is 1. The molecule has 102 valence electrons. The third-order valence-electron chi connectivity index (χ3n) is 2.74. The predicted molar refractivity (Wildman–Crippen MR) is 78.6 cm³/mol. The van der Waals surface area contributed by atoms with Crippen LogP contribution in [0.5, 0.6) is 0 Å². The molecule has 0 amide bonds. The van der Waals surface area contributed by atoms with Crippen LogP contribution in [0.25, 0.3) is 0 Å². The first-order valence-electron chi connectivity index (χ1n) is 6.35. The molecule has 0 spiro atoms. The number of hydrogen-bond acceptors (Lipinski definition) is 3. The Bertz CT molecular complexity index is 369. The lowest BCUT2D eigenvalue weighted by atomic mass is 10.1. The van der Waals surface area contributed by atoms with E-state index in [1.165, 1.54) is 11.3 Å². The first-order chi connectivity index (χ1) is 8.54. The van der Waals surface area contributed by atoms with E-state index in [1.807, 2.05) is 32.0 Å². The molecule has 2 N–H and O–H groups in total. The zero-order valence-electron chi connectivity index (χ0n) is 11.4. The van der Waals surface area contributed by atoms with Crippen molar-refractivity contribution in [3.63, 3.8) is 0 Å². The van der Waals surface area contributed by atoms with Gasteiger partial charge in [-0.2, -0.15) is 0 Å². The van der Waals surface area contributed by atoms with Crippen LogP contribution in [0, 0.1) is 0 Å².